The smallest absolute Gasteiger partial charge is 0.337 e. The van der Waals surface area contributed by atoms with E-state index in [1.165, 1.54) is 6.07 Å². The van der Waals surface area contributed by atoms with Crippen LogP contribution in [-0.2, 0) is 0 Å². The van der Waals surface area contributed by atoms with E-state index in [9.17, 15) is 9.59 Å². The molecule has 1 amide bonds. The van der Waals surface area contributed by atoms with Gasteiger partial charge < -0.3 is 14.5 Å². The van der Waals surface area contributed by atoms with E-state index in [1.54, 1.807) is 30.3 Å². The third kappa shape index (κ3) is 3.89. The van der Waals surface area contributed by atoms with Crippen molar-refractivity contribution in [2.45, 2.75) is 26.9 Å². The van der Waals surface area contributed by atoms with E-state index in [2.05, 4.69) is 5.32 Å². The van der Waals surface area contributed by atoms with E-state index in [-0.39, 0.29) is 11.7 Å². The first-order chi connectivity index (χ1) is 12.3. The van der Waals surface area contributed by atoms with Crippen LogP contribution in [0.2, 0.25) is 5.02 Å². The predicted molar refractivity (Wildman–Crippen MR) is 102 cm³/mol. The summed E-state index contributed by atoms with van der Waals surface area (Å²) in [6, 6.07) is 11.5. The first-order valence-electron chi connectivity index (χ1n) is 8.15. The first-order valence-corrected chi connectivity index (χ1v) is 8.53. The van der Waals surface area contributed by atoms with Crippen LogP contribution in [0.1, 0.15) is 29.8 Å². The van der Waals surface area contributed by atoms with Crippen molar-refractivity contribution in [1.29, 1.82) is 0 Å². The molecule has 0 aliphatic rings. The van der Waals surface area contributed by atoms with Crippen LogP contribution in [0, 0.1) is 6.92 Å². The molecular formula is C20H18ClNO4. The Hall–Kier alpha value is -2.79. The standard InChI is InChI=1S/C20H18ClNO4/c1-11(2)25-14-6-7-15-16(10-19(23)26-18(15)9-14)20(24)22-17-8-13(21)5-4-12(17)3/h4-11H,1-3H3,(H,22,24). The highest BCUT2D eigenvalue weighted by atomic mass is 35.5. The minimum Gasteiger partial charge on any atom is -0.491 e. The van der Waals surface area contributed by atoms with Crippen LogP contribution in [-0.4, -0.2) is 12.0 Å². The largest absolute Gasteiger partial charge is 0.491 e. The lowest BCUT2D eigenvalue weighted by Gasteiger charge is -2.12. The highest BCUT2D eigenvalue weighted by molar-refractivity contribution is 6.31. The van der Waals surface area contributed by atoms with Crippen LogP contribution in [0.25, 0.3) is 11.0 Å². The summed E-state index contributed by atoms with van der Waals surface area (Å²) in [4.78, 5) is 24.6. The maximum absolute atomic E-state index is 12.7. The molecule has 6 heteroatoms. The Balaban J connectivity index is 2.02. The number of hydrogen-bond donors (Lipinski definition) is 1. The molecule has 0 atom stereocenters. The summed E-state index contributed by atoms with van der Waals surface area (Å²) in [6.07, 6.45) is -0.0172. The fourth-order valence-electron chi connectivity index (χ4n) is 2.59. The second-order valence-electron chi connectivity index (χ2n) is 6.22. The Morgan fingerprint density at radius 2 is 1.92 bits per heavy atom. The second kappa shape index (κ2) is 7.22. The number of anilines is 1. The number of rotatable bonds is 4. The van der Waals surface area contributed by atoms with Crippen LogP contribution in [0.4, 0.5) is 5.69 Å². The summed E-state index contributed by atoms with van der Waals surface area (Å²) in [5.41, 5.74) is 1.37. The third-order valence-electron chi connectivity index (χ3n) is 3.78. The molecule has 0 aliphatic heterocycles. The number of carbonyl (C=O) groups excluding carboxylic acids is 1. The lowest BCUT2D eigenvalue weighted by Crippen LogP contribution is -2.16. The molecular weight excluding hydrogens is 354 g/mol. The maximum Gasteiger partial charge on any atom is 0.337 e. The molecule has 3 rings (SSSR count). The maximum atomic E-state index is 12.7. The zero-order valence-electron chi connectivity index (χ0n) is 14.6. The van der Waals surface area contributed by atoms with Crippen LogP contribution in [0.5, 0.6) is 5.75 Å². The van der Waals surface area contributed by atoms with Gasteiger partial charge in [0.2, 0.25) is 0 Å². The van der Waals surface area contributed by atoms with Gasteiger partial charge >= 0.3 is 5.63 Å². The first kappa shape index (κ1) is 18.0. The number of benzene rings is 2. The zero-order valence-corrected chi connectivity index (χ0v) is 15.4. The molecule has 1 heterocycles. The van der Waals surface area contributed by atoms with E-state index in [4.69, 9.17) is 20.8 Å². The molecule has 0 bridgehead atoms. The molecule has 134 valence electrons. The summed E-state index contributed by atoms with van der Waals surface area (Å²) in [5, 5.41) is 3.84. The Bertz CT molecular complexity index is 1040. The topological polar surface area (TPSA) is 68.5 Å². The molecule has 0 radical (unpaired) electrons. The summed E-state index contributed by atoms with van der Waals surface area (Å²) in [5.74, 6) is 0.157. The van der Waals surface area contributed by atoms with Crippen molar-refractivity contribution in [3.05, 3.63) is 69.0 Å². The molecule has 3 aromatic rings. The minimum absolute atomic E-state index is 0.0172. The van der Waals surface area contributed by atoms with Crippen LogP contribution in [0.15, 0.2) is 51.7 Å². The second-order valence-corrected chi connectivity index (χ2v) is 6.65. The van der Waals surface area contributed by atoms with Gasteiger partial charge in [-0.15, -0.1) is 0 Å². The van der Waals surface area contributed by atoms with E-state index < -0.39 is 11.5 Å². The summed E-state index contributed by atoms with van der Waals surface area (Å²) in [7, 11) is 0. The van der Waals surface area contributed by atoms with Crippen molar-refractivity contribution in [2.75, 3.05) is 5.32 Å². The molecule has 0 unspecified atom stereocenters. The van der Waals surface area contributed by atoms with Crippen molar-refractivity contribution < 1.29 is 13.9 Å². The van der Waals surface area contributed by atoms with Crippen molar-refractivity contribution in [1.82, 2.24) is 0 Å². The molecule has 2 aromatic carbocycles. The average molecular weight is 372 g/mol. The zero-order chi connectivity index (χ0) is 18.8. The van der Waals surface area contributed by atoms with Crippen molar-refractivity contribution in [2.24, 2.45) is 0 Å². The summed E-state index contributed by atoms with van der Waals surface area (Å²) >= 11 is 6.00. The molecule has 1 aromatic heterocycles. The van der Waals surface area contributed by atoms with Gasteiger partial charge in [0.15, 0.2) is 0 Å². The molecule has 0 spiro atoms. The van der Waals surface area contributed by atoms with E-state index in [0.29, 0.717) is 27.4 Å². The lowest BCUT2D eigenvalue weighted by molar-refractivity contribution is 0.102. The summed E-state index contributed by atoms with van der Waals surface area (Å²) < 4.78 is 10.8. The number of nitrogens with one attached hydrogen (secondary N) is 1. The van der Waals surface area contributed by atoms with Gasteiger partial charge in [-0.1, -0.05) is 17.7 Å². The Labute approximate surface area is 155 Å². The van der Waals surface area contributed by atoms with Gasteiger partial charge in [-0.05, 0) is 50.6 Å². The fourth-order valence-corrected chi connectivity index (χ4v) is 2.77. The number of hydrogen-bond acceptors (Lipinski definition) is 4. The Kier molecular flexibility index (Phi) is 5.00. The molecule has 1 N–H and O–H groups in total. The SMILES string of the molecule is Cc1ccc(Cl)cc1NC(=O)c1cc(=O)oc2cc(OC(C)C)ccc12. The molecule has 0 saturated heterocycles. The van der Waals surface area contributed by atoms with Crippen LogP contribution < -0.4 is 15.7 Å². The molecule has 26 heavy (non-hydrogen) atoms. The highest BCUT2D eigenvalue weighted by Crippen LogP contribution is 2.25. The number of amides is 1. The molecule has 5 nitrogen and oxygen atoms in total. The summed E-state index contributed by atoms with van der Waals surface area (Å²) in [6.45, 7) is 5.66. The quantitative estimate of drug-likeness (QED) is 0.669. The monoisotopic (exact) mass is 371 g/mol. The highest BCUT2D eigenvalue weighted by Gasteiger charge is 2.15. The fraction of sp³-hybridized carbons (Fsp3) is 0.200. The number of aryl methyl sites for hydroxylation is 1. The van der Waals surface area contributed by atoms with Gasteiger partial charge in [-0.2, -0.15) is 0 Å². The van der Waals surface area contributed by atoms with E-state index >= 15 is 0 Å². The van der Waals surface area contributed by atoms with Gasteiger partial charge in [0.25, 0.3) is 5.91 Å². The van der Waals surface area contributed by atoms with Crippen molar-refractivity contribution in [3.63, 3.8) is 0 Å². The van der Waals surface area contributed by atoms with Gasteiger partial charge in [0, 0.05) is 28.2 Å². The number of carbonyl (C=O) groups is 1. The molecule has 0 saturated carbocycles. The number of fused-ring (bicyclic) bond motifs is 1. The molecule has 0 fully saturated rings. The van der Waals surface area contributed by atoms with Crippen LogP contribution in [0.3, 0.4) is 0 Å². The van der Waals surface area contributed by atoms with E-state index in [0.717, 1.165) is 5.56 Å². The third-order valence-corrected chi connectivity index (χ3v) is 4.02. The van der Waals surface area contributed by atoms with Crippen molar-refractivity contribution >= 4 is 34.2 Å². The average Bonchev–Trinajstić information content (AvgIpc) is 2.56. The molecule has 0 aliphatic carbocycles. The predicted octanol–water partition coefficient (Wildman–Crippen LogP) is 4.79. The number of ether oxygens (including phenoxy) is 1. The Morgan fingerprint density at radius 1 is 1.15 bits per heavy atom. The lowest BCUT2D eigenvalue weighted by atomic mass is 10.1. The normalized spacial score (nSPS) is 11.0. The van der Waals surface area contributed by atoms with Crippen LogP contribution >= 0.6 is 11.6 Å². The van der Waals surface area contributed by atoms with Gasteiger partial charge in [0.05, 0.1) is 11.7 Å². The van der Waals surface area contributed by atoms with Gasteiger partial charge in [-0.3, -0.25) is 4.79 Å². The minimum atomic E-state index is -0.604. The van der Waals surface area contributed by atoms with Gasteiger partial charge in [0.1, 0.15) is 11.3 Å². The van der Waals surface area contributed by atoms with Crippen molar-refractivity contribution in [3.8, 4) is 5.75 Å². The van der Waals surface area contributed by atoms with Gasteiger partial charge in [-0.25, -0.2) is 4.79 Å². The Morgan fingerprint density at radius 3 is 2.65 bits per heavy atom. The van der Waals surface area contributed by atoms with E-state index in [1.807, 2.05) is 26.8 Å². The number of halogens is 1.